The van der Waals surface area contributed by atoms with Crippen molar-refractivity contribution in [2.75, 3.05) is 0 Å². The van der Waals surface area contributed by atoms with Crippen molar-refractivity contribution >= 4 is 0 Å². The highest BCUT2D eigenvalue weighted by Crippen LogP contribution is 2.24. The summed E-state index contributed by atoms with van der Waals surface area (Å²) in [5.41, 5.74) is 0. The van der Waals surface area contributed by atoms with E-state index in [1.807, 2.05) is 20.8 Å². The van der Waals surface area contributed by atoms with Gasteiger partial charge in [0.1, 0.15) is 0 Å². The fourth-order valence-corrected chi connectivity index (χ4v) is 1.60. The molecule has 72 valence electrons. The lowest BCUT2D eigenvalue weighted by molar-refractivity contribution is -0.175. The minimum Gasteiger partial charge on any atom is -0.390 e. The molecule has 0 saturated carbocycles. The Morgan fingerprint density at radius 2 is 1.83 bits per heavy atom. The summed E-state index contributed by atoms with van der Waals surface area (Å²) in [6.45, 7) is 5.86. The van der Waals surface area contributed by atoms with E-state index in [0.29, 0.717) is 12.3 Å². The third-order valence-electron chi connectivity index (χ3n) is 2.43. The van der Waals surface area contributed by atoms with Crippen LogP contribution in [0.1, 0.15) is 27.2 Å². The molecule has 3 nitrogen and oxygen atoms in total. The van der Waals surface area contributed by atoms with Crippen LogP contribution in [0.4, 0.5) is 0 Å². The smallest absolute Gasteiger partial charge is 0.0862 e. The van der Waals surface area contributed by atoms with Crippen LogP contribution in [0.5, 0.6) is 0 Å². The third kappa shape index (κ3) is 1.97. The van der Waals surface area contributed by atoms with Gasteiger partial charge in [-0.1, -0.05) is 13.8 Å². The predicted molar refractivity (Wildman–Crippen MR) is 45.8 cm³/mol. The van der Waals surface area contributed by atoms with Crippen LogP contribution < -0.4 is 0 Å². The Kier molecular flexibility index (Phi) is 3.09. The quantitative estimate of drug-likeness (QED) is 0.610. The topological polar surface area (TPSA) is 49.7 Å². The average molecular weight is 174 g/mol. The molecule has 1 aliphatic rings. The summed E-state index contributed by atoms with van der Waals surface area (Å²) < 4.78 is 5.47. The molecule has 0 radical (unpaired) electrons. The van der Waals surface area contributed by atoms with Crippen molar-refractivity contribution < 1.29 is 14.9 Å². The molecular formula is C9H18O3. The maximum absolute atomic E-state index is 9.54. The van der Waals surface area contributed by atoms with Gasteiger partial charge in [0, 0.05) is 6.42 Å². The second-order valence-corrected chi connectivity index (χ2v) is 3.92. The Balaban J connectivity index is 2.55. The standard InChI is InChI=1S/C9H18O3/c1-5(2)9-8(11)4-7(10)6(3)12-9/h5-11H,4H2,1-3H3/t6-,7?,8+,9?/m0/s1. The van der Waals surface area contributed by atoms with Crippen molar-refractivity contribution in [3.8, 4) is 0 Å². The molecule has 12 heavy (non-hydrogen) atoms. The van der Waals surface area contributed by atoms with Gasteiger partial charge in [-0.2, -0.15) is 0 Å². The summed E-state index contributed by atoms with van der Waals surface area (Å²) in [5.74, 6) is 0.301. The Labute approximate surface area is 73.4 Å². The van der Waals surface area contributed by atoms with Gasteiger partial charge in [-0.25, -0.2) is 0 Å². The van der Waals surface area contributed by atoms with Crippen LogP contribution in [0.3, 0.4) is 0 Å². The Hall–Kier alpha value is -0.120. The normalized spacial score (nSPS) is 43.5. The highest BCUT2D eigenvalue weighted by molar-refractivity contribution is 4.84. The minimum absolute atomic E-state index is 0.122. The number of ether oxygens (including phenoxy) is 1. The zero-order chi connectivity index (χ0) is 9.30. The molecule has 0 aromatic carbocycles. The van der Waals surface area contributed by atoms with Crippen LogP contribution in [-0.2, 0) is 4.74 Å². The van der Waals surface area contributed by atoms with E-state index in [4.69, 9.17) is 4.74 Å². The molecule has 2 unspecified atom stereocenters. The lowest BCUT2D eigenvalue weighted by atomic mass is 9.92. The molecule has 2 N–H and O–H groups in total. The number of rotatable bonds is 1. The number of aliphatic hydroxyl groups excluding tert-OH is 2. The maximum atomic E-state index is 9.54. The number of aliphatic hydroxyl groups is 2. The molecule has 0 aromatic heterocycles. The average Bonchev–Trinajstić information content (AvgIpc) is 1.96. The van der Waals surface area contributed by atoms with Crippen molar-refractivity contribution in [2.24, 2.45) is 5.92 Å². The van der Waals surface area contributed by atoms with Gasteiger partial charge in [0.25, 0.3) is 0 Å². The lowest BCUT2D eigenvalue weighted by Gasteiger charge is -2.37. The van der Waals surface area contributed by atoms with E-state index in [1.54, 1.807) is 0 Å². The Morgan fingerprint density at radius 1 is 1.25 bits per heavy atom. The van der Waals surface area contributed by atoms with E-state index < -0.39 is 12.2 Å². The van der Waals surface area contributed by atoms with Crippen LogP contribution in [0.2, 0.25) is 0 Å². The van der Waals surface area contributed by atoms with E-state index in [1.165, 1.54) is 0 Å². The second kappa shape index (κ2) is 3.73. The molecule has 0 bridgehead atoms. The summed E-state index contributed by atoms with van der Waals surface area (Å²) >= 11 is 0. The summed E-state index contributed by atoms with van der Waals surface area (Å²) in [5, 5.41) is 18.9. The monoisotopic (exact) mass is 174 g/mol. The van der Waals surface area contributed by atoms with Crippen LogP contribution in [0.25, 0.3) is 0 Å². The highest BCUT2D eigenvalue weighted by atomic mass is 16.5. The van der Waals surface area contributed by atoms with Crippen molar-refractivity contribution in [3.05, 3.63) is 0 Å². The van der Waals surface area contributed by atoms with Crippen molar-refractivity contribution in [3.63, 3.8) is 0 Å². The highest BCUT2D eigenvalue weighted by Gasteiger charge is 2.35. The number of hydrogen-bond acceptors (Lipinski definition) is 3. The lowest BCUT2D eigenvalue weighted by Crippen LogP contribution is -2.48. The van der Waals surface area contributed by atoms with Crippen LogP contribution in [-0.4, -0.2) is 34.6 Å². The molecule has 1 heterocycles. The van der Waals surface area contributed by atoms with Gasteiger partial charge in [-0.15, -0.1) is 0 Å². The van der Waals surface area contributed by atoms with Gasteiger partial charge in [0.15, 0.2) is 0 Å². The molecule has 1 aliphatic heterocycles. The molecule has 0 aliphatic carbocycles. The Bertz CT molecular complexity index is 147. The fraction of sp³-hybridized carbons (Fsp3) is 1.00. The SMILES string of the molecule is CC(C)C1O[C@@H](C)C(O)C[C@H]1O. The largest absolute Gasteiger partial charge is 0.390 e. The predicted octanol–water partition coefficient (Wildman–Crippen LogP) is 0.542. The van der Waals surface area contributed by atoms with E-state index in [-0.39, 0.29) is 12.2 Å². The van der Waals surface area contributed by atoms with Crippen LogP contribution >= 0.6 is 0 Å². The van der Waals surface area contributed by atoms with Gasteiger partial charge in [-0.3, -0.25) is 0 Å². The first-order valence-corrected chi connectivity index (χ1v) is 4.54. The van der Waals surface area contributed by atoms with Crippen LogP contribution in [0, 0.1) is 5.92 Å². The summed E-state index contributed by atoms with van der Waals surface area (Å²) in [6.07, 6.45) is -0.875. The van der Waals surface area contributed by atoms with E-state index in [2.05, 4.69) is 0 Å². The minimum atomic E-state index is -0.519. The van der Waals surface area contributed by atoms with Gasteiger partial charge in [-0.05, 0) is 12.8 Å². The van der Waals surface area contributed by atoms with Crippen molar-refractivity contribution in [2.45, 2.75) is 51.6 Å². The molecule has 3 heteroatoms. The maximum Gasteiger partial charge on any atom is 0.0862 e. The summed E-state index contributed by atoms with van der Waals surface area (Å²) in [6, 6.07) is 0. The zero-order valence-corrected chi connectivity index (χ0v) is 7.90. The fourth-order valence-electron chi connectivity index (χ4n) is 1.60. The van der Waals surface area contributed by atoms with E-state index >= 15 is 0 Å². The summed E-state index contributed by atoms with van der Waals surface area (Å²) in [7, 11) is 0. The molecule has 0 spiro atoms. The van der Waals surface area contributed by atoms with Crippen molar-refractivity contribution in [1.82, 2.24) is 0 Å². The third-order valence-corrected chi connectivity index (χ3v) is 2.43. The molecule has 1 fully saturated rings. The first kappa shape index (κ1) is 9.96. The van der Waals surface area contributed by atoms with E-state index in [9.17, 15) is 10.2 Å². The van der Waals surface area contributed by atoms with Gasteiger partial charge >= 0.3 is 0 Å². The number of hydrogen-bond donors (Lipinski definition) is 2. The van der Waals surface area contributed by atoms with E-state index in [0.717, 1.165) is 0 Å². The van der Waals surface area contributed by atoms with Gasteiger partial charge < -0.3 is 14.9 Å². The second-order valence-electron chi connectivity index (χ2n) is 3.92. The molecular weight excluding hydrogens is 156 g/mol. The summed E-state index contributed by atoms with van der Waals surface area (Å²) in [4.78, 5) is 0. The van der Waals surface area contributed by atoms with Crippen molar-refractivity contribution in [1.29, 1.82) is 0 Å². The first-order valence-electron chi connectivity index (χ1n) is 4.54. The van der Waals surface area contributed by atoms with Gasteiger partial charge in [0.2, 0.25) is 0 Å². The zero-order valence-electron chi connectivity index (χ0n) is 7.90. The first-order chi connectivity index (χ1) is 5.52. The molecule has 1 saturated heterocycles. The molecule has 4 atom stereocenters. The molecule has 0 amide bonds. The Morgan fingerprint density at radius 3 is 2.33 bits per heavy atom. The van der Waals surface area contributed by atoms with Crippen LogP contribution in [0.15, 0.2) is 0 Å². The van der Waals surface area contributed by atoms with Gasteiger partial charge in [0.05, 0.1) is 24.4 Å². The molecule has 0 aromatic rings. The molecule has 1 rings (SSSR count).